The molecule has 128 valence electrons. The van der Waals surface area contributed by atoms with Gasteiger partial charge in [-0.15, -0.1) is 11.3 Å². The first kappa shape index (κ1) is 18.3. The second-order valence-corrected chi connectivity index (χ2v) is 8.47. The minimum Gasteiger partial charge on any atom is -0.466 e. The van der Waals surface area contributed by atoms with E-state index in [1.54, 1.807) is 0 Å². The monoisotopic (exact) mass is 332 g/mol. The van der Waals surface area contributed by atoms with Crippen molar-refractivity contribution in [2.45, 2.75) is 84.5 Å². The maximum absolute atomic E-state index is 6.00. The standard InChI is InChI=1S/C21H32OS/c1-7-15(4)20-12-13-21(23-20)17(6)9-8-16(5)19-11-10-18(22-19)14(2)3/h10-17H,7-9H2,1-6H3. The first-order valence-corrected chi connectivity index (χ1v) is 9.93. The molecule has 0 saturated carbocycles. The summed E-state index contributed by atoms with van der Waals surface area (Å²) in [5, 5.41) is 0. The minimum absolute atomic E-state index is 0.472. The molecule has 2 aromatic rings. The molecule has 1 nitrogen and oxygen atoms in total. The highest BCUT2D eigenvalue weighted by Gasteiger charge is 2.16. The van der Waals surface area contributed by atoms with Gasteiger partial charge in [0.15, 0.2) is 0 Å². The van der Waals surface area contributed by atoms with Gasteiger partial charge >= 0.3 is 0 Å². The fourth-order valence-electron chi connectivity index (χ4n) is 2.83. The average molecular weight is 333 g/mol. The van der Waals surface area contributed by atoms with Gasteiger partial charge in [0.2, 0.25) is 0 Å². The summed E-state index contributed by atoms with van der Waals surface area (Å²) in [5.41, 5.74) is 0. The van der Waals surface area contributed by atoms with Crippen molar-refractivity contribution in [2.24, 2.45) is 0 Å². The largest absolute Gasteiger partial charge is 0.466 e. The van der Waals surface area contributed by atoms with E-state index in [-0.39, 0.29) is 0 Å². The topological polar surface area (TPSA) is 13.1 Å². The SMILES string of the molecule is CCC(C)c1ccc(C(C)CCC(C)c2ccc(C(C)C)o2)s1. The zero-order valence-electron chi connectivity index (χ0n) is 15.6. The second-order valence-electron chi connectivity index (χ2n) is 7.32. The van der Waals surface area contributed by atoms with E-state index in [1.165, 1.54) is 29.0 Å². The number of hydrogen-bond donors (Lipinski definition) is 0. The lowest BCUT2D eigenvalue weighted by molar-refractivity contribution is 0.409. The van der Waals surface area contributed by atoms with Gasteiger partial charge in [0.25, 0.3) is 0 Å². The summed E-state index contributed by atoms with van der Waals surface area (Å²) in [6, 6.07) is 8.97. The van der Waals surface area contributed by atoms with E-state index >= 15 is 0 Å². The minimum atomic E-state index is 0.472. The second kappa shape index (κ2) is 8.19. The lowest BCUT2D eigenvalue weighted by Gasteiger charge is -2.13. The predicted molar refractivity (Wildman–Crippen MR) is 102 cm³/mol. The Bertz CT molecular complexity index is 593. The van der Waals surface area contributed by atoms with Crippen molar-refractivity contribution in [3.05, 3.63) is 45.5 Å². The molecule has 0 aromatic carbocycles. The van der Waals surface area contributed by atoms with Crippen LogP contribution in [0.4, 0.5) is 0 Å². The molecule has 3 atom stereocenters. The van der Waals surface area contributed by atoms with E-state index in [4.69, 9.17) is 4.42 Å². The summed E-state index contributed by atoms with van der Waals surface area (Å²) in [4.78, 5) is 3.07. The van der Waals surface area contributed by atoms with Crippen LogP contribution < -0.4 is 0 Å². The first-order valence-electron chi connectivity index (χ1n) is 9.11. The average Bonchev–Trinajstić information content (AvgIpc) is 3.20. The van der Waals surface area contributed by atoms with Gasteiger partial charge in [0.05, 0.1) is 0 Å². The Morgan fingerprint density at radius 1 is 0.783 bits per heavy atom. The maximum Gasteiger partial charge on any atom is 0.106 e. The highest BCUT2D eigenvalue weighted by Crippen LogP contribution is 2.35. The third-order valence-corrected chi connectivity index (χ3v) is 6.51. The highest BCUT2D eigenvalue weighted by atomic mass is 32.1. The molecule has 0 saturated heterocycles. The van der Waals surface area contributed by atoms with Crippen LogP contribution in [0.15, 0.2) is 28.7 Å². The van der Waals surface area contributed by atoms with Gasteiger partial charge in [-0.3, -0.25) is 0 Å². The van der Waals surface area contributed by atoms with Crippen LogP contribution in [0.1, 0.15) is 106 Å². The fourth-order valence-corrected chi connectivity index (χ4v) is 4.06. The molecule has 3 unspecified atom stereocenters. The number of hydrogen-bond acceptors (Lipinski definition) is 2. The number of rotatable bonds is 8. The summed E-state index contributed by atoms with van der Waals surface area (Å²) < 4.78 is 6.00. The van der Waals surface area contributed by atoms with E-state index < -0.39 is 0 Å². The molecule has 0 aliphatic heterocycles. The predicted octanol–water partition coefficient (Wildman–Crippen LogP) is 7.67. The Morgan fingerprint density at radius 2 is 1.35 bits per heavy atom. The van der Waals surface area contributed by atoms with E-state index in [1.807, 2.05) is 11.3 Å². The van der Waals surface area contributed by atoms with Gasteiger partial charge in [-0.05, 0) is 55.4 Å². The Morgan fingerprint density at radius 3 is 1.91 bits per heavy atom. The molecule has 2 rings (SSSR count). The lowest BCUT2D eigenvalue weighted by Crippen LogP contribution is -1.97. The smallest absolute Gasteiger partial charge is 0.106 e. The number of thiophene rings is 1. The molecule has 2 heterocycles. The molecule has 0 aliphatic carbocycles. The first-order chi connectivity index (χ1) is 10.9. The molecule has 0 N–H and O–H groups in total. The summed E-state index contributed by atoms with van der Waals surface area (Å²) in [6.07, 6.45) is 3.63. The zero-order valence-corrected chi connectivity index (χ0v) is 16.4. The van der Waals surface area contributed by atoms with E-state index in [0.717, 1.165) is 11.5 Å². The van der Waals surface area contributed by atoms with E-state index in [2.05, 4.69) is 65.8 Å². The zero-order chi connectivity index (χ0) is 17.0. The van der Waals surface area contributed by atoms with Crippen LogP contribution >= 0.6 is 11.3 Å². The summed E-state index contributed by atoms with van der Waals surface area (Å²) in [6.45, 7) is 13.6. The van der Waals surface area contributed by atoms with Gasteiger partial charge in [0, 0.05) is 21.6 Å². The molecule has 0 fully saturated rings. The Balaban J connectivity index is 1.90. The highest BCUT2D eigenvalue weighted by molar-refractivity contribution is 7.12. The molecule has 0 spiro atoms. The van der Waals surface area contributed by atoms with Crippen molar-refractivity contribution >= 4 is 11.3 Å². The van der Waals surface area contributed by atoms with E-state index in [0.29, 0.717) is 23.7 Å². The quantitative estimate of drug-likeness (QED) is 0.483. The Hall–Kier alpha value is -1.02. The molecular weight excluding hydrogens is 300 g/mol. The summed E-state index contributed by atoms with van der Waals surface area (Å²) in [5.74, 6) is 4.56. The van der Waals surface area contributed by atoms with Crippen LogP contribution in [0, 0.1) is 0 Å². The molecule has 0 radical (unpaired) electrons. The molecule has 2 heteroatoms. The molecule has 0 bridgehead atoms. The molecular formula is C21H32OS. The van der Waals surface area contributed by atoms with Gasteiger partial charge in [-0.25, -0.2) is 0 Å². The van der Waals surface area contributed by atoms with Crippen molar-refractivity contribution in [3.63, 3.8) is 0 Å². The van der Waals surface area contributed by atoms with Crippen molar-refractivity contribution in [2.75, 3.05) is 0 Å². The van der Waals surface area contributed by atoms with Crippen LogP contribution in [0.25, 0.3) is 0 Å². The van der Waals surface area contributed by atoms with E-state index in [9.17, 15) is 0 Å². The summed E-state index contributed by atoms with van der Waals surface area (Å²) in [7, 11) is 0. The third kappa shape index (κ3) is 4.73. The Kier molecular flexibility index (Phi) is 6.52. The number of furan rings is 1. The van der Waals surface area contributed by atoms with Crippen molar-refractivity contribution in [1.82, 2.24) is 0 Å². The summed E-state index contributed by atoms with van der Waals surface area (Å²) >= 11 is 2.01. The van der Waals surface area contributed by atoms with Crippen molar-refractivity contribution in [3.8, 4) is 0 Å². The van der Waals surface area contributed by atoms with Gasteiger partial charge < -0.3 is 4.42 Å². The van der Waals surface area contributed by atoms with Gasteiger partial charge in [0.1, 0.15) is 11.5 Å². The normalized spacial score (nSPS) is 15.8. The molecule has 0 aliphatic rings. The van der Waals surface area contributed by atoms with Gasteiger partial charge in [-0.1, -0.05) is 41.5 Å². The van der Waals surface area contributed by atoms with Crippen LogP contribution in [-0.4, -0.2) is 0 Å². The Labute approximate surface area is 146 Å². The third-order valence-electron chi connectivity index (χ3n) is 4.97. The van der Waals surface area contributed by atoms with Crippen LogP contribution in [0.2, 0.25) is 0 Å². The fraction of sp³-hybridized carbons (Fsp3) is 0.619. The lowest BCUT2D eigenvalue weighted by atomic mass is 9.95. The van der Waals surface area contributed by atoms with Crippen LogP contribution in [0.5, 0.6) is 0 Å². The maximum atomic E-state index is 6.00. The molecule has 23 heavy (non-hydrogen) atoms. The van der Waals surface area contributed by atoms with Crippen LogP contribution in [-0.2, 0) is 0 Å². The van der Waals surface area contributed by atoms with Crippen molar-refractivity contribution in [1.29, 1.82) is 0 Å². The molecule has 0 amide bonds. The van der Waals surface area contributed by atoms with Gasteiger partial charge in [-0.2, -0.15) is 0 Å². The van der Waals surface area contributed by atoms with Crippen LogP contribution in [0.3, 0.4) is 0 Å². The van der Waals surface area contributed by atoms with Crippen molar-refractivity contribution < 1.29 is 4.42 Å². The molecule has 2 aromatic heterocycles.